The van der Waals surface area contributed by atoms with Crippen LogP contribution in [0.5, 0.6) is 0 Å². The van der Waals surface area contributed by atoms with Gasteiger partial charge in [0, 0.05) is 17.4 Å². The summed E-state index contributed by atoms with van der Waals surface area (Å²) >= 11 is 5.71. The lowest BCUT2D eigenvalue weighted by Gasteiger charge is -2.09. The summed E-state index contributed by atoms with van der Waals surface area (Å²) in [5.74, 6) is -1.60. The number of rotatable bonds is 4. The van der Waals surface area contributed by atoms with Crippen LogP contribution >= 0.6 is 11.6 Å². The van der Waals surface area contributed by atoms with Gasteiger partial charge in [0.25, 0.3) is 11.5 Å². The second-order valence-electron chi connectivity index (χ2n) is 5.83. The molecule has 3 rings (SSSR count). The lowest BCUT2D eigenvalue weighted by atomic mass is 10.1. The molecular weight excluding hydrogens is 389 g/mol. The Hall–Kier alpha value is -3.52. The molecule has 2 N–H and O–H groups in total. The molecule has 28 heavy (non-hydrogen) atoms. The maximum Gasteiger partial charge on any atom is 0.333 e. The van der Waals surface area contributed by atoms with Crippen LogP contribution in [-0.4, -0.2) is 21.2 Å². The predicted molar refractivity (Wildman–Crippen MR) is 102 cm³/mol. The summed E-state index contributed by atoms with van der Waals surface area (Å²) in [7, 11) is 0. The van der Waals surface area contributed by atoms with E-state index in [2.05, 4.69) is 10.3 Å². The van der Waals surface area contributed by atoms with Gasteiger partial charge in [0.2, 0.25) is 0 Å². The van der Waals surface area contributed by atoms with E-state index >= 15 is 0 Å². The summed E-state index contributed by atoms with van der Waals surface area (Å²) in [4.78, 5) is 50.8. The SMILES string of the molecule is CC(=O)c1ccc(NC(=O)c2c[nH]c(=O)n(-c3ccc(F)c(Cl)c3)c2=O)cc1. The van der Waals surface area contributed by atoms with Gasteiger partial charge in [0.15, 0.2) is 5.78 Å². The number of hydrogen-bond donors (Lipinski definition) is 2. The van der Waals surface area contributed by atoms with Crippen molar-refractivity contribution < 1.29 is 14.0 Å². The van der Waals surface area contributed by atoms with E-state index in [4.69, 9.17) is 11.6 Å². The molecule has 3 aromatic rings. The molecular formula is C19H13ClFN3O4. The minimum Gasteiger partial charge on any atom is -0.322 e. The van der Waals surface area contributed by atoms with E-state index in [0.29, 0.717) is 15.8 Å². The second-order valence-corrected chi connectivity index (χ2v) is 6.24. The van der Waals surface area contributed by atoms with Gasteiger partial charge in [-0.3, -0.25) is 14.4 Å². The Morgan fingerprint density at radius 3 is 2.39 bits per heavy atom. The van der Waals surface area contributed by atoms with Crippen LogP contribution in [-0.2, 0) is 0 Å². The van der Waals surface area contributed by atoms with Crippen molar-refractivity contribution in [3.8, 4) is 5.69 Å². The van der Waals surface area contributed by atoms with Crippen molar-refractivity contribution in [1.29, 1.82) is 0 Å². The largest absolute Gasteiger partial charge is 0.333 e. The van der Waals surface area contributed by atoms with Crippen molar-refractivity contribution in [2.75, 3.05) is 5.32 Å². The molecule has 0 aliphatic rings. The van der Waals surface area contributed by atoms with E-state index in [9.17, 15) is 23.6 Å². The predicted octanol–water partition coefficient (Wildman–Crippen LogP) is 2.77. The van der Waals surface area contributed by atoms with Crippen LogP contribution < -0.4 is 16.6 Å². The Morgan fingerprint density at radius 2 is 1.79 bits per heavy atom. The highest BCUT2D eigenvalue weighted by atomic mass is 35.5. The van der Waals surface area contributed by atoms with E-state index in [-0.39, 0.29) is 22.1 Å². The Bertz CT molecular complexity index is 1200. The van der Waals surface area contributed by atoms with E-state index < -0.39 is 23.0 Å². The van der Waals surface area contributed by atoms with Gasteiger partial charge in [-0.1, -0.05) is 11.6 Å². The average molecular weight is 402 g/mol. The van der Waals surface area contributed by atoms with Crippen molar-refractivity contribution in [2.24, 2.45) is 0 Å². The monoisotopic (exact) mass is 401 g/mol. The standard InChI is InChI=1S/C19H13ClFN3O4/c1-10(25)11-2-4-12(5-3-11)23-17(26)14-9-22-19(28)24(18(14)27)13-6-7-16(21)15(20)8-13/h2-9H,1H3,(H,22,28)(H,23,26). The van der Waals surface area contributed by atoms with Gasteiger partial charge < -0.3 is 10.3 Å². The van der Waals surface area contributed by atoms with Gasteiger partial charge in [-0.15, -0.1) is 0 Å². The molecule has 0 fully saturated rings. The lowest BCUT2D eigenvalue weighted by Crippen LogP contribution is -2.38. The highest BCUT2D eigenvalue weighted by Gasteiger charge is 2.17. The van der Waals surface area contributed by atoms with Gasteiger partial charge in [-0.2, -0.15) is 0 Å². The first kappa shape index (κ1) is 19.2. The first-order chi connectivity index (χ1) is 13.3. The maximum absolute atomic E-state index is 13.4. The molecule has 0 saturated carbocycles. The van der Waals surface area contributed by atoms with Gasteiger partial charge >= 0.3 is 5.69 Å². The molecule has 0 atom stereocenters. The fourth-order valence-electron chi connectivity index (χ4n) is 2.48. The van der Waals surface area contributed by atoms with Gasteiger partial charge in [-0.05, 0) is 49.4 Å². The van der Waals surface area contributed by atoms with E-state index in [1.165, 1.54) is 37.3 Å². The molecule has 1 amide bonds. The Balaban J connectivity index is 1.97. The number of carbonyl (C=O) groups excluding carboxylic acids is 2. The number of aromatic nitrogens is 2. The normalized spacial score (nSPS) is 10.5. The maximum atomic E-state index is 13.4. The number of anilines is 1. The van der Waals surface area contributed by atoms with Crippen LogP contribution in [0.4, 0.5) is 10.1 Å². The van der Waals surface area contributed by atoms with Crippen molar-refractivity contribution in [3.63, 3.8) is 0 Å². The minimum absolute atomic E-state index is 0.0121. The molecule has 0 bridgehead atoms. The van der Waals surface area contributed by atoms with Crippen LogP contribution in [0.15, 0.2) is 58.3 Å². The molecule has 0 radical (unpaired) electrons. The second kappa shape index (κ2) is 7.61. The topological polar surface area (TPSA) is 101 Å². The molecule has 0 unspecified atom stereocenters. The summed E-state index contributed by atoms with van der Waals surface area (Å²) in [5, 5.41) is 2.24. The zero-order valence-corrected chi connectivity index (χ0v) is 15.2. The zero-order chi connectivity index (χ0) is 20.4. The highest BCUT2D eigenvalue weighted by Crippen LogP contribution is 2.17. The molecule has 2 aromatic carbocycles. The summed E-state index contributed by atoms with van der Waals surface area (Å²) in [6, 6.07) is 9.40. The first-order valence-corrected chi connectivity index (χ1v) is 8.38. The third-order valence-corrected chi connectivity index (χ3v) is 4.22. The van der Waals surface area contributed by atoms with Gasteiger partial charge in [0.1, 0.15) is 11.4 Å². The van der Waals surface area contributed by atoms with Crippen molar-refractivity contribution in [3.05, 3.63) is 91.5 Å². The van der Waals surface area contributed by atoms with Crippen molar-refractivity contribution in [2.45, 2.75) is 6.92 Å². The number of aromatic amines is 1. The number of carbonyl (C=O) groups is 2. The summed E-state index contributed by atoms with van der Waals surface area (Å²) < 4.78 is 14.0. The number of benzene rings is 2. The van der Waals surface area contributed by atoms with Crippen molar-refractivity contribution in [1.82, 2.24) is 9.55 Å². The smallest absolute Gasteiger partial charge is 0.322 e. The number of nitrogens with one attached hydrogen (secondary N) is 2. The van der Waals surface area contributed by atoms with Crippen LogP contribution in [0, 0.1) is 5.82 Å². The Morgan fingerprint density at radius 1 is 1.11 bits per heavy atom. The number of Topliss-reactive ketones (excluding diaryl/α,β-unsaturated/α-hetero) is 1. The fourth-order valence-corrected chi connectivity index (χ4v) is 2.66. The molecule has 1 aromatic heterocycles. The lowest BCUT2D eigenvalue weighted by molar-refractivity contribution is 0.101. The molecule has 142 valence electrons. The van der Waals surface area contributed by atoms with Crippen molar-refractivity contribution >= 4 is 29.0 Å². The van der Waals surface area contributed by atoms with E-state index in [1.54, 1.807) is 0 Å². The molecule has 0 aliphatic heterocycles. The number of ketones is 1. The van der Waals surface area contributed by atoms with Gasteiger partial charge in [-0.25, -0.2) is 13.8 Å². The average Bonchev–Trinajstić information content (AvgIpc) is 2.65. The molecule has 1 heterocycles. The number of hydrogen-bond acceptors (Lipinski definition) is 4. The van der Waals surface area contributed by atoms with Crippen LogP contribution in [0.3, 0.4) is 0 Å². The Labute approximate surface area is 162 Å². The molecule has 0 saturated heterocycles. The van der Waals surface area contributed by atoms with Crippen LogP contribution in [0.1, 0.15) is 27.6 Å². The number of halogens is 2. The summed E-state index contributed by atoms with van der Waals surface area (Å²) in [6.07, 6.45) is 0.992. The summed E-state index contributed by atoms with van der Waals surface area (Å²) in [5.41, 5.74) is -1.21. The third-order valence-electron chi connectivity index (χ3n) is 3.93. The first-order valence-electron chi connectivity index (χ1n) is 8.00. The van der Waals surface area contributed by atoms with E-state index in [0.717, 1.165) is 18.3 Å². The minimum atomic E-state index is -0.899. The van der Waals surface area contributed by atoms with Crippen LogP contribution in [0.25, 0.3) is 5.69 Å². The summed E-state index contributed by atoms with van der Waals surface area (Å²) in [6.45, 7) is 1.41. The molecule has 9 heteroatoms. The molecule has 0 aliphatic carbocycles. The number of amides is 1. The van der Waals surface area contributed by atoms with Gasteiger partial charge in [0.05, 0.1) is 10.7 Å². The molecule has 7 nitrogen and oxygen atoms in total. The Kier molecular flexibility index (Phi) is 5.23. The number of nitrogens with zero attached hydrogens (tertiary/aromatic N) is 1. The molecule has 0 spiro atoms. The highest BCUT2D eigenvalue weighted by molar-refractivity contribution is 6.30. The number of H-pyrrole nitrogens is 1. The van der Waals surface area contributed by atoms with Crippen LogP contribution in [0.2, 0.25) is 5.02 Å². The quantitative estimate of drug-likeness (QED) is 0.656. The van der Waals surface area contributed by atoms with E-state index in [1.807, 2.05) is 0 Å². The fraction of sp³-hybridized carbons (Fsp3) is 0.0526. The zero-order valence-electron chi connectivity index (χ0n) is 14.5. The third kappa shape index (κ3) is 3.77.